The van der Waals surface area contributed by atoms with E-state index in [9.17, 15) is 0 Å². The monoisotopic (exact) mass is 345 g/mol. The van der Waals surface area contributed by atoms with Gasteiger partial charge in [-0.25, -0.2) is 0 Å². The summed E-state index contributed by atoms with van der Waals surface area (Å²) < 4.78 is 2.52. The van der Waals surface area contributed by atoms with Gasteiger partial charge in [-0.3, -0.25) is 0 Å². The summed E-state index contributed by atoms with van der Waals surface area (Å²) in [5.74, 6) is 0. The van der Waals surface area contributed by atoms with Crippen LogP contribution in [0.5, 0.6) is 0 Å². The Morgan fingerprint density at radius 1 is 1.05 bits per heavy atom. The van der Waals surface area contributed by atoms with Crippen molar-refractivity contribution in [2.75, 3.05) is 6.54 Å². The maximum absolute atomic E-state index is 3.68. The van der Waals surface area contributed by atoms with Crippen LogP contribution >= 0.6 is 27.3 Å². The molecule has 2 aromatic carbocycles. The molecule has 0 saturated carbocycles. The van der Waals surface area contributed by atoms with E-state index in [1.165, 1.54) is 21.2 Å². The van der Waals surface area contributed by atoms with Crippen molar-refractivity contribution >= 4 is 37.4 Å². The predicted octanol–water partition coefficient (Wildman–Crippen LogP) is 5.36. The number of nitrogens with one attached hydrogen (secondary N) is 1. The van der Waals surface area contributed by atoms with Crippen LogP contribution in [-0.4, -0.2) is 6.54 Å². The van der Waals surface area contributed by atoms with E-state index in [0.29, 0.717) is 0 Å². The SMILES string of the molecule is CCNC(c1ccccc1Br)c1cccc2ccsc12. The lowest BCUT2D eigenvalue weighted by atomic mass is 9.97. The van der Waals surface area contributed by atoms with E-state index >= 15 is 0 Å². The van der Waals surface area contributed by atoms with E-state index in [-0.39, 0.29) is 6.04 Å². The van der Waals surface area contributed by atoms with Gasteiger partial charge in [0.25, 0.3) is 0 Å². The third-order valence-corrected chi connectivity index (χ3v) is 5.15. The van der Waals surface area contributed by atoms with Crippen LogP contribution in [0, 0.1) is 0 Å². The molecular formula is C17H16BrNS. The zero-order valence-electron chi connectivity index (χ0n) is 11.3. The molecule has 1 atom stereocenters. The maximum Gasteiger partial charge on any atom is 0.0601 e. The largest absolute Gasteiger partial charge is 0.306 e. The molecule has 0 saturated heterocycles. The first-order valence-electron chi connectivity index (χ1n) is 6.75. The minimum atomic E-state index is 0.220. The Morgan fingerprint density at radius 2 is 1.85 bits per heavy atom. The standard InChI is InChI=1S/C17H16BrNS/c1-2-19-16(13-7-3-4-9-15(13)18)14-8-5-6-12-10-11-20-17(12)14/h3-11,16,19H,2H2,1H3. The molecule has 1 nitrogen and oxygen atoms in total. The number of thiophene rings is 1. The highest BCUT2D eigenvalue weighted by molar-refractivity contribution is 9.10. The van der Waals surface area contributed by atoms with Crippen molar-refractivity contribution in [1.82, 2.24) is 5.32 Å². The van der Waals surface area contributed by atoms with E-state index < -0.39 is 0 Å². The fourth-order valence-electron chi connectivity index (χ4n) is 2.54. The molecule has 0 aliphatic rings. The number of hydrogen-bond acceptors (Lipinski definition) is 2. The summed E-state index contributed by atoms with van der Waals surface area (Å²) in [7, 11) is 0. The van der Waals surface area contributed by atoms with Crippen LogP contribution in [0.3, 0.4) is 0 Å². The first-order chi connectivity index (χ1) is 9.81. The van der Waals surface area contributed by atoms with E-state index in [1.54, 1.807) is 0 Å². The van der Waals surface area contributed by atoms with E-state index in [2.05, 4.69) is 82.1 Å². The molecule has 0 aliphatic carbocycles. The summed E-state index contributed by atoms with van der Waals surface area (Å²) in [5, 5.41) is 7.10. The van der Waals surface area contributed by atoms with Crippen LogP contribution in [0.15, 0.2) is 58.4 Å². The van der Waals surface area contributed by atoms with Gasteiger partial charge >= 0.3 is 0 Å². The quantitative estimate of drug-likeness (QED) is 0.670. The molecular weight excluding hydrogens is 330 g/mol. The molecule has 0 fully saturated rings. The number of benzene rings is 2. The zero-order chi connectivity index (χ0) is 13.9. The van der Waals surface area contributed by atoms with Crippen LogP contribution < -0.4 is 5.32 Å². The number of hydrogen-bond donors (Lipinski definition) is 1. The normalized spacial score (nSPS) is 12.7. The first-order valence-corrected chi connectivity index (χ1v) is 8.42. The highest BCUT2D eigenvalue weighted by atomic mass is 79.9. The van der Waals surface area contributed by atoms with E-state index in [1.807, 2.05) is 11.3 Å². The highest BCUT2D eigenvalue weighted by Gasteiger charge is 2.18. The van der Waals surface area contributed by atoms with Crippen molar-refractivity contribution in [2.24, 2.45) is 0 Å². The molecule has 1 unspecified atom stereocenters. The lowest BCUT2D eigenvalue weighted by molar-refractivity contribution is 0.633. The second kappa shape index (κ2) is 6.08. The molecule has 0 amide bonds. The van der Waals surface area contributed by atoms with Crippen LogP contribution in [0.2, 0.25) is 0 Å². The van der Waals surface area contributed by atoms with Crippen LogP contribution in [0.4, 0.5) is 0 Å². The second-order valence-corrected chi connectivity index (χ2v) is 6.47. The minimum absolute atomic E-state index is 0.220. The molecule has 1 N–H and O–H groups in total. The molecule has 0 bridgehead atoms. The lowest BCUT2D eigenvalue weighted by Crippen LogP contribution is -2.22. The fourth-order valence-corrected chi connectivity index (χ4v) is 4.00. The zero-order valence-corrected chi connectivity index (χ0v) is 13.7. The van der Waals surface area contributed by atoms with Crippen LogP contribution in [0.25, 0.3) is 10.1 Å². The van der Waals surface area contributed by atoms with Gasteiger partial charge in [-0.05, 0) is 40.6 Å². The Labute approximate surface area is 131 Å². The minimum Gasteiger partial charge on any atom is -0.306 e. The van der Waals surface area contributed by atoms with Gasteiger partial charge < -0.3 is 5.32 Å². The smallest absolute Gasteiger partial charge is 0.0601 e. The predicted molar refractivity (Wildman–Crippen MR) is 91.5 cm³/mol. The van der Waals surface area contributed by atoms with Gasteiger partial charge in [-0.15, -0.1) is 11.3 Å². The van der Waals surface area contributed by atoms with Crippen molar-refractivity contribution in [2.45, 2.75) is 13.0 Å². The average molecular weight is 346 g/mol. The summed E-state index contributed by atoms with van der Waals surface area (Å²) >= 11 is 5.50. The second-order valence-electron chi connectivity index (χ2n) is 4.70. The van der Waals surface area contributed by atoms with Gasteiger partial charge in [0.05, 0.1) is 6.04 Å². The van der Waals surface area contributed by atoms with Gasteiger partial charge in [0, 0.05) is 9.17 Å². The Bertz CT molecular complexity index is 720. The van der Waals surface area contributed by atoms with Crippen molar-refractivity contribution in [1.29, 1.82) is 0 Å². The maximum atomic E-state index is 3.68. The Kier molecular flexibility index (Phi) is 4.20. The molecule has 3 heteroatoms. The number of rotatable bonds is 4. The van der Waals surface area contributed by atoms with E-state index in [4.69, 9.17) is 0 Å². The van der Waals surface area contributed by atoms with Gasteiger partial charge in [-0.1, -0.05) is 59.3 Å². The first kappa shape index (κ1) is 13.8. The van der Waals surface area contributed by atoms with Crippen molar-refractivity contribution in [3.05, 3.63) is 69.5 Å². The molecule has 20 heavy (non-hydrogen) atoms. The summed E-state index contributed by atoms with van der Waals surface area (Å²) in [6.45, 7) is 3.09. The Hall–Kier alpha value is -1.16. The molecule has 3 aromatic rings. The molecule has 102 valence electrons. The third kappa shape index (κ3) is 2.53. The third-order valence-electron chi connectivity index (χ3n) is 3.44. The summed E-state index contributed by atoms with van der Waals surface area (Å²) in [4.78, 5) is 0. The molecule has 0 spiro atoms. The number of halogens is 1. The summed E-state index contributed by atoms with van der Waals surface area (Å²) in [6, 6.07) is 17.4. The van der Waals surface area contributed by atoms with E-state index in [0.717, 1.165) is 11.0 Å². The van der Waals surface area contributed by atoms with Crippen LogP contribution in [-0.2, 0) is 0 Å². The average Bonchev–Trinajstić information content (AvgIpc) is 2.94. The van der Waals surface area contributed by atoms with Crippen molar-refractivity contribution < 1.29 is 0 Å². The lowest BCUT2D eigenvalue weighted by Gasteiger charge is -2.21. The Balaban J connectivity index is 2.16. The summed E-state index contributed by atoms with van der Waals surface area (Å²) in [5.41, 5.74) is 2.64. The van der Waals surface area contributed by atoms with Gasteiger partial charge in [0.1, 0.15) is 0 Å². The molecule has 1 aromatic heterocycles. The molecule has 0 radical (unpaired) electrons. The topological polar surface area (TPSA) is 12.0 Å². The molecule has 1 heterocycles. The molecule has 3 rings (SSSR count). The highest BCUT2D eigenvalue weighted by Crippen LogP contribution is 2.34. The van der Waals surface area contributed by atoms with Gasteiger partial charge in [-0.2, -0.15) is 0 Å². The number of fused-ring (bicyclic) bond motifs is 1. The molecule has 0 aliphatic heterocycles. The van der Waals surface area contributed by atoms with Gasteiger partial charge in [0.2, 0.25) is 0 Å². The summed E-state index contributed by atoms with van der Waals surface area (Å²) in [6.07, 6.45) is 0. The van der Waals surface area contributed by atoms with Crippen molar-refractivity contribution in [3.63, 3.8) is 0 Å². The van der Waals surface area contributed by atoms with Crippen molar-refractivity contribution in [3.8, 4) is 0 Å². The fraction of sp³-hybridized carbons (Fsp3) is 0.176. The van der Waals surface area contributed by atoms with Crippen LogP contribution in [0.1, 0.15) is 24.1 Å². The Morgan fingerprint density at radius 3 is 2.65 bits per heavy atom. The van der Waals surface area contributed by atoms with Gasteiger partial charge in [0.15, 0.2) is 0 Å².